The molecule has 1 heterocycles. The summed E-state index contributed by atoms with van der Waals surface area (Å²) in [6, 6.07) is 14.0. The van der Waals surface area contributed by atoms with E-state index in [0.29, 0.717) is 50.8 Å². The van der Waals surface area contributed by atoms with Gasteiger partial charge >= 0.3 is 0 Å². The van der Waals surface area contributed by atoms with Crippen molar-refractivity contribution in [3.8, 4) is 5.75 Å². The van der Waals surface area contributed by atoms with Crippen LogP contribution in [0.15, 0.2) is 53.4 Å². The summed E-state index contributed by atoms with van der Waals surface area (Å²) in [6.45, 7) is 3.98. The lowest BCUT2D eigenvalue weighted by Gasteiger charge is -2.26. The fourth-order valence-corrected chi connectivity index (χ4v) is 4.49. The summed E-state index contributed by atoms with van der Waals surface area (Å²) in [6.07, 6.45) is 0.802. The highest BCUT2D eigenvalue weighted by atomic mass is 32.2. The van der Waals surface area contributed by atoms with E-state index in [-0.39, 0.29) is 17.2 Å². The molecule has 7 nitrogen and oxygen atoms in total. The summed E-state index contributed by atoms with van der Waals surface area (Å²) in [5.74, 6) is 0.517. The van der Waals surface area contributed by atoms with Crippen LogP contribution < -0.4 is 10.1 Å². The van der Waals surface area contributed by atoms with Gasteiger partial charge in [0.25, 0.3) is 0 Å². The average Bonchev–Trinajstić information content (AvgIpc) is 2.75. The monoisotopic (exact) mass is 418 g/mol. The molecule has 1 aliphatic rings. The van der Waals surface area contributed by atoms with Crippen LogP contribution in [-0.2, 0) is 26.0 Å². The number of morpholine rings is 1. The zero-order chi connectivity index (χ0) is 20.7. The predicted octanol–water partition coefficient (Wildman–Crippen LogP) is 2.68. The lowest BCUT2D eigenvalue weighted by atomic mass is 10.1. The Morgan fingerprint density at radius 3 is 2.48 bits per heavy atom. The first-order valence-corrected chi connectivity index (χ1v) is 11.1. The Morgan fingerprint density at radius 2 is 1.79 bits per heavy atom. The normalized spacial score (nSPS) is 15.1. The number of ether oxygens (including phenoxy) is 2. The molecule has 0 radical (unpaired) electrons. The summed E-state index contributed by atoms with van der Waals surface area (Å²) in [4.78, 5) is 12.6. The molecule has 2 aromatic carbocycles. The molecule has 8 heteroatoms. The van der Waals surface area contributed by atoms with Crippen LogP contribution in [0.3, 0.4) is 0 Å². The van der Waals surface area contributed by atoms with E-state index < -0.39 is 10.0 Å². The van der Waals surface area contributed by atoms with Gasteiger partial charge in [0.2, 0.25) is 15.9 Å². The third-order valence-electron chi connectivity index (χ3n) is 4.63. The summed E-state index contributed by atoms with van der Waals surface area (Å²) in [5.41, 5.74) is 1.55. The van der Waals surface area contributed by atoms with Crippen molar-refractivity contribution in [3.05, 3.63) is 54.1 Å². The van der Waals surface area contributed by atoms with Crippen molar-refractivity contribution in [1.82, 2.24) is 4.31 Å². The van der Waals surface area contributed by atoms with Crippen molar-refractivity contribution in [2.24, 2.45) is 0 Å². The largest absolute Gasteiger partial charge is 0.492 e. The Hall–Kier alpha value is -2.42. The number of carbonyl (C=O) groups excluding carboxylic acids is 1. The van der Waals surface area contributed by atoms with Crippen molar-refractivity contribution in [3.63, 3.8) is 0 Å². The van der Waals surface area contributed by atoms with Gasteiger partial charge in [-0.05, 0) is 43.2 Å². The number of anilines is 1. The maximum atomic E-state index is 12.6. The van der Waals surface area contributed by atoms with E-state index in [2.05, 4.69) is 5.32 Å². The van der Waals surface area contributed by atoms with Gasteiger partial charge in [-0.3, -0.25) is 4.79 Å². The summed E-state index contributed by atoms with van der Waals surface area (Å²) in [5, 5.41) is 2.87. The van der Waals surface area contributed by atoms with E-state index in [4.69, 9.17) is 9.47 Å². The summed E-state index contributed by atoms with van der Waals surface area (Å²) < 4.78 is 37.5. The fraction of sp³-hybridized carbons (Fsp3) is 0.381. The highest BCUT2D eigenvalue weighted by Crippen LogP contribution is 2.24. The summed E-state index contributed by atoms with van der Waals surface area (Å²) >= 11 is 0. The van der Waals surface area contributed by atoms with Crippen LogP contribution in [-0.4, -0.2) is 51.5 Å². The molecule has 156 valence electrons. The molecule has 3 rings (SSSR count). The lowest BCUT2D eigenvalue weighted by Crippen LogP contribution is -2.40. The van der Waals surface area contributed by atoms with Crippen LogP contribution in [0, 0.1) is 0 Å². The number of aryl methyl sites for hydroxylation is 1. The number of benzene rings is 2. The van der Waals surface area contributed by atoms with Crippen molar-refractivity contribution in [2.45, 2.75) is 24.7 Å². The second kappa shape index (κ2) is 9.87. The minimum Gasteiger partial charge on any atom is -0.492 e. The smallest absolute Gasteiger partial charge is 0.243 e. The molecule has 0 aliphatic carbocycles. The number of hydrogen-bond acceptors (Lipinski definition) is 5. The SMILES string of the molecule is CCOc1ccccc1NC(=O)CCc1ccc(S(=O)(=O)N2CCOCC2)cc1. The molecule has 1 saturated heterocycles. The van der Waals surface area contributed by atoms with Gasteiger partial charge in [0.1, 0.15) is 5.75 Å². The number of para-hydroxylation sites is 2. The van der Waals surface area contributed by atoms with Gasteiger partial charge in [-0.2, -0.15) is 4.31 Å². The van der Waals surface area contributed by atoms with Crippen LogP contribution in [0.5, 0.6) is 5.75 Å². The molecule has 1 amide bonds. The van der Waals surface area contributed by atoms with Crippen LogP contribution in [0.25, 0.3) is 0 Å². The molecule has 0 bridgehead atoms. The molecule has 0 saturated carbocycles. The lowest BCUT2D eigenvalue weighted by molar-refractivity contribution is -0.116. The van der Waals surface area contributed by atoms with Crippen LogP contribution >= 0.6 is 0 Å². The average molecular weight is 419 g/mol. The Bertz CT molecular complexity index is 922. The Labute approximate surface area is 171 Å². The minimum absolute atomic E-state index is 0.123. The highest BCUT2D eigenvalue weighted by molar-refractivity contribution is 7.89. The number of sulfonamides is 1. The first kappa shape index (κ1) is 21.3. The number of nitrogens with one attached hydrogen (secondary N) is 1. The quantitative estimate of drug-likeness (QED) is 0.712. The van der Waals surface area contributed by atoms with Gasteiger partial charge in [-0.25, -0.2) is 8.42 Å². The molecule has 0 aromatic heterocycles. The molecule has 1 N–H and O–H groups in total. The van der Waals surface area contributed by atoms with E-state index in [1.54, 1.807) is 30.3 Å². The third-order valence-corrected chi connectivity index (χ3v) is 6.55. The predicted molar refractivity (Wildman–Crippen MR) is 111 cm³/mol. The van der Waals surface area contributed by atoms with Crippen molar-refractivity contribution < 1.29 is 22.7 Å². The van der Waals surface area contributed by atoms with Crippen molar-refractivity contribution >= 4 is 21.6 Å². The van der Waals surface area contributed by atoms with Gasteiger partial charge in [0, 0.05) is 19.5 Å². The number of rotatable bonds is 8. The standard InChI is InChI=1S/C21H26N2O5S/c1-2-28-20-6-4-3-5-19(20)22-21(24)12-9-17-7-10-18(11-8-17)29(25,26)23-13-15-27-16-14-23/h3-8,10-11H,2,9,12-16H2,1H3,(H,22,24). The zero-order valence-corrected chi connectivity index (χ0v) is 17.3. The van der Waals surface area contributed by atoms with Crippen LogP contribution in [0.4, 0.5) is 5.69 Å². The zero-order valence-electron chi connectivity index (χ0n) is 16.5. The van der Waals surface area contributed by atoms with Gasteiger partial charge < -0.3 is 14.8 Å². The number of amides is 1. The maximum Gasteiger partial charge on any atom is 0.243 e. The molecule has 0 spiro atoms. The number of hydrogen-bond donors (Lipinski definition) is 1. The van der Waals surface area contributed by atoms with Crippen LogP contribution in [0.1, 0.15) is 18.9 Å². The Balaban J connectivity index is 1.57. The molecule has 1 fully saturated rings. The third kappa shape index (κ3) is 5.56. The molecule has 2 aromatic rings. The number of nitrogens with zero attached hydrogens (tertiary/aromatic N) is 1. The van der Waals surface area contributed by atoms with Crippen molar-refractivity contribution in [2.75, 3.05) is 38.2 Å². The molecular formula is C21H26N2O5S. The molecular weight excluding hydrogens is 392 g/mol. The van der Waals surface area contributed by atoms with E-state index in [0.717, 1.165) is 5.56 Å². The first-order valence-electron chi connectivity index (χ1n) is 9.69. The van der Waals surface area contributed by atoms with Gasteiger partial charge in [0.15, 0.2) is 0 Å². The minimum atomic E-state index is -3.50. The second-order valence-corrected chi connectivity index (χ2v) is 8.58. The second-order valence-electron chi connectivity index (χ2n) is 6.64. The molecule has 0 unspecified atom stereocenters. The van der Waals surface area contributed by atoms with E-state index >= 15 is 0 Å². The van der Waals surface area contributed by atoms with Gasteiger partial charge in [0.05, 0.1) is 30.4 Å². The molecule has 29 heavy (non-hydrogen) atoms. The Morgan fingerprint density at radius 1 is 1.10 bits per heavy atom. The maximum absolute atomic E-state index is 12.6. The van der Waals surface area contributed by atoms with E-state index in [1.165, 1.54) is 4.31 Å². The topological polar surface area (TPSA) is 84.9 Å². The summed E-state index contributed by atoms with van der Waals surface area (Å²) in [7, 11) is -3.50. The van der Waals surface area contributed by atoms with Gasteiger partial charge in [-0.15, -0.1) is 0 Å². The Kier molecular flexibility index (Phi) is 7.24. The fourth-order valence-electron chi connectivity index (χ4n) is 3.09. The van der Waals surface area contributed by atoms with E-state index in [9.17, 15) is 13.2 Å². The number of carbonyl (C=O) groups is 1. The van der Waals surface area contributed by atoms with Crippen molar-refractivity contribution in [1.29, 1.82) is 0 Å². The molecule has 0 atom stereocenters. The van der Waals surface area contributed by atoms with E-state index in [1.807, 2.05) is 25.1 Å². The highest BCUT2D eigenvalue weighted by Gasteiger charge is 2.26. The molecule has 1 aliphatic heterocycles. The van der Waals surface area contributed by atoms with Crippen LogP contribution in [0.2, 0.25) is 0 Å². The van der Waals surface area contributed by atoms with Gasteiger partial charge in [-0.1, -0.05) is 24.3 Å². The first-order chi connectivity index (χ1) is 14.0.